The quantitative estimate of drug-likeness (QED) is 0.140. The Bertz CT molecular complexity index is 2210. The van der Waals surface area contributed by atoms with Gasteiger partial charge in [-0.15, -0.1) is 0 Å². The van der Waals surface area contributed by atoms with Gasteiger partial charge in [0.2, 0.25) is 0 Å². The number of nitro groups is 1. The number of hydrogen-bond donors (Lipinski definition) is 2. The summed E-state index contributed by atoms with van der Waals surface area (Å²) in [5, 5.41) is 14.3. The number of benzene rings is 3. The van der Waals surface area contributed by atoms with E-state index >= 15 is 4.39 Å². The topological polar surface area (TPSA) is 145 Å². The van der Waals surface area contributed by atoms with Gasteiger partial charge in [-0.3, -0.25) is 19.4 Å². The number of pyridine rings is 1. The summed E-state index contributed by atoms with van der Waals surface area (Å²) in [6, 6.07) is 15.5. The third kappa shape index (κ3) is 5.05. The maximum atomic E-state index is 15.6. The predicted octanol–water partition coefficient (Wildman–Crippen LogP) is 7.01. The van der Waals surface area contributed by atoms with Gasteiger partial charge in [0.25, 0.3) is 15.7 Å². The van der Waals surface area contributed by atoms with E-state index in [2.05, 4.69) is 25.0 Å². The van der Waals surface area contributed by atoms with Crippen LogP contribution >= 0.6 is 23.2 Å². The lowest BCUT2D eigenvalue weighted by Crippen LogP contribution is -2.15. The second-order valence-electron chi connectivity index (χ2n) is 8.98. The molecule has 216 valence electrons. The number of fused-ring (bicyclic) bond motifs is 2. The lowest BCUT2D eigenvalue weighted by molar-refractivity contribution is -0.383. The van der Waals surface area contributed by atoms with E-state index in [0.717, 1.165) is 18.5 Å². The average Bonchev–Trinajstić information content (AvgIpc) is 3.38. The molecule has 0 saturated heterocycles. The highest BCUT2D eigenvalue weighted by Crippen LogP contribution is 2.35. The van der Waals surface area contributed by atoms with Crippen molar-refractivity contribution in [3.8, 4) is 5.82 Å². The zero-order valence-electron chi connectivity index (χ0n) is 21.3. The van der Waals surface area contributed by atoms with Crippen LogP contribution in [0.25, 0.3) is 27.8 Å². The molecule has 0 saturated carbocycles. The van der Waals surface area contributed by atoms with Crippen LogP contribution in [0.5, 0.6) is 0 Å². The van der Waals surface area contributed by atoms with E-state index < -0.39 is 42.9 Å². The number of aromatic nitrogens is 4. The molecule has 0 bridgehead atoms. The Morgan fingerprint density at radius 3 is 2.53 bits per heavy atom. The smallest absolute Gasteiger partial charge is 0.295 e. The fraction of sp³-hybridized carbons (Fsp3) is 0. The molecule has 43 heavy (non-hydrogen) atoms. The average molecular weight is 642 g/mol. The second kappa shape index (κ2) is 10.7. The lowest BCUT2D eigenvalue weighted by atomic mass is 10.2. The maximum Gasteiger partial charge on any atom is 0.295 e. The summed E-state index contributed by atoms with van der Waals surface area (Å²) >= 11 is 12.0. The first-order valence-corrected chi connectivity index (χ1v) is 14.4. The van der Waals surface area contributed by atoms with Crippen LogP contribution in [-0.2, 0) is 10.0 Å². The second-order valence-corrected chi connectivity index (χ2v) is 11.4. The van der Waals surface area contributed by atoms with Crippen LogP contribution in [0.4, 0.5) is 31.7 Å². The summed E-state index contributed by atoms with van der Waals surface area (Å²) in [6.07, 6.45) is 2.46. The molecule has 2 N–H and O–H groups in total. The van der Waals surface area contributed by atoms with Gasteiger partial charge in [0, 0.05) is 0 Å². The van der Waals surface area contributed by atoms with Crippen molar-refractivity contribution in [1.82, 2.24) is 19.5 Å². The van der Waals surface area contributed by atoms with Crippen LogP contribution in [0.3, 0.4) is 0 Å². The Balaban J connectivity index is 1.41. The van der Waals surface area contributed by atoms with Gasteiger partial charge in [0.05, 0.1) is 43.3 Å². The highest BCUT2D eigenvalue weighted by molar-refractivity contribution is 7.92. The SMILES string of the molecule is O=[N+]([O-])c1cn(-c2ccc3ncnc(Nc4c(F)ccc(NS(=O)(=O)c5cccc(Cl)c5Cl)c4F)c3n2)c2ccccc12. The van der Waals surface area contributed by atoms with Gasteiger partial charge >= 0.3 is 0 Å². The number of anilines is 3. The molecular formula is C27H15Cl2F2N7O4S. The van der Waals surface area contributed by atoms with E-state index in [1.165, 1.54) is 29.0 Å². The number of rotatable bonds is 7. The Hall–Kier alpha value is -4.92. The van der Waals surface area contributed by atoms with Gasteiger partial charge < -0.3 is 5.32 Å². The number of nitrogens with zero attached hydrogens (tertiary/aromatic N) is 5. The normalized spacial score (nSPS) is 11.6. The maximum absolute atomic E-state index is 15.6. The summed E-state index contributed by atoms with van der Waals surface area (Å²) in [5.41, 5.74) is -0.576. The van der Waals surface area contributed by atoms with Crippen LogP contribution in [0, 0.1) is 21.7 Å². The van der Waals surface area contributed by atoms with Crippen LogP contribution in [-0.4, -0.2) is 32.9 Å². The number of halogens is 4. The molecule has 6 aromatic rings. The van der Waals surface area contributed by atoms with Gasteiger partial charge in [-0.1, -0.05) is 41.4 Å². The first-order valence-electron chi connectivity index (χ1n) is 12.1. The van der Waals surface area contributed by atoms with Gasteiger partial charge in [-0.2, -0.15) is 0 Å². The molecule has 0 aliphatic carbocycles. The van der Waals surface area contributed by atoms with E-state index in [1.807, 2.05) is 0 Å². The summed E-state index contributed by atoms with van der Waals surface area (Å²) < 4.78 is 60.0. The molecule has 3 aromatic heterocycles. The summed E-state index contributed by atoms with van der Waals surface area (Å²) in [6.45, 7) is 0. The number of nitrogens with one attached hydrogen (secondary N) is 2. The number of para-hydroxylation sites is 1. The van der Waals surface area contributed by atoms with E-state index in [1.54, 1.807) is 36.4 Å². The minimum atomic E-state index is -4.43. The molecule has 0 radical (unpaired) electrons. The molecule has 16 heteroatoms. The van der Waals surface area contributed by atoms with Crippen LogP contribution in [0.1, 0.15) is 0 Å². The first kappa shape index (κ1) is 28.2. The molecule has 0 unspecified atom stereocenters. The van der Waals surface area contributed by atoms with Crippen molar-refractivity contribution in [3.05, 3.63) is 111 Å². The van der Waals surface area contributed by atoms with Crippen LogP contribution < -0.4 is 10.0 Å². The molecular weight excluding hydrogens is 627 g/mol. The number of sulfonamides is 1. The van der Waals surface area contributed by atoms with Crippen molar-refractivity contribution in [2.24, 2.45) is 0 Å². The monoisotopic (exact) mass is 641 g/mol. The van der Waals surface area contributed by atoms with Crippen molar-refractivity contribution in [2.75, 3.05) is 10.0 Å². The van der Waals surface area contributed by atoms with Crippen molar-refractivity contribution < 1.29 is 22.1 Å². The lowest BCUT2D eigenvalue weighted by Gasteiger charge is -2.15. The van der Waals surface area contributed by atoms with Gasteiger partial charge in [0.1, 0.15) is 34.1 Å². The minimum absolute atomic E-state index is 0.0310. The molecule has 0 aliphatic rings. The van der Waals surface area contributed by atoms with Crippen molar-refractivity contribution in [3.63, 3.8) is 0 Å². The Kier molecular flexibility index (Phi) is 7.04. The molecule has 3 aromatic carbocycles. The van der Waals surface area contributed by atoms with E-state index in [-0.39, 0.29) is 32.9 Å². The zero-order valence-corrected chi connectivity index (χ0v) is 23.6. The van der Waals surface area contributed by atoms with Crippen molar-refractivity contribution >= 4 is 78.0 Å². The molecule has 6 rings (SSSR count). The molecule has 11 nitrogen and oxygen atoms in total. The van der Waals surface area contributed by atoms with Crippen molar-refractivity contribution in [2.45, 2.75) is 4.90 Å². The number of hydrogen-bond acceptors (Lipinski definition) is 8. The van der Waals surface area contributed by atoms with Gasteiger partial charge in [0.15, 0.2) is 11.6 Å². The fourth-order valence-electron chi connectivity index (χ4n) is 4.41. The molecule has 0 amide bonds. The van der Waals surface area contributed by atoms with Gasteiger partial charge in [-0.05, 0) is 48.5 Å². The van der Waals surface area contributed by atoms with Crippen LogP contribution in [0.2, 0.25) is 10.0 Å². The standard InChI is InChI=1S/C27H15Cl2F2N7O4S/c28-15-5-3-7-21(23(15)29)43(41,42)36-17-9-8-16(30)25(24(17)31)35-27-26-18(32-13-33-27)10-11-22(34-26)37-12-20(38(39)40)14-4-1-2-6-19(14)37/h1-13,36H,(H,32,33,35). The largest absolute Gasteiger partial charge is 0.333 e. The third-order valence-corrected chi connectivity index (χ3v) is 8.73. The van der Waals surface area contributed by atoms with E-state index in [4.69, 9.17) is 23.2 Å². The molecule has 0 aliphatic heterocycles. The van der Waals surface area contributed by atoms with Gasteiger partial charge in [-0.25, -0.2) is 32.2 Å². The Morgan fingerprint density at radius 1 is 0.953 bits per heavy atom. The molecule has 0 atom stereocenters. The molecule has 0 fully saturated rings. The predicted molar refractivity (Wildman–Crippen MR) is 158 cm³/mol. The van der Waals surface area contributed by atoms with Crippen LogP contribution in [0.15, 0.2) is 84.1 Å². The summed E-state index contributed by atoms with van der Waals surface area (Å²) in [4.78, 5) is 23.5. The minimum Gasteiger partial charge on any atom is -0.333 e. The van der Waals surface area contributed by atoms with E-state index in [9.17, 15) is 22.9 Å². The summed E-state index contributed by atoms with van der Waals surface area (Å²) in [7, 11) is -4.43. The Labute approximate surface area is 250 Å². The first-order chi connectivity index (χ1) is 20.5. The highest BCUT2D eigenvalue weighted by Gasteiger charge is 2.24. The molecule has 0 spiro atoms. The zero-order chi connectivity index (χ0) is 30.5. The van der Waals surface area contributed by atoms with Crippen molar-refractivity contribution in [1.29, 1.82) is 0 Å². The Morgan fingerprint density at radius 2 is 1.74 bits per heavy atom. The molecule has 3 heterocycles. The van der Waals surface area contributed by atoms with E-state index in [0.29, 0.717) is 16.4 Å². The third-order valence-electron chi connectivity index (χ3n) is 6.39. The fourth-order valence-corrected chi connectivity index (χ4v) is 6.23. The highest BCUT2D eigenvalue weighted by atomic mass is 35.5. The summed E-state index contributed by atoms with van der Waals surface area (Å²) in [5.74, 6) is -2.21.